The molecule has 1 N–H and O–H groups in total. The highest BCUT2D eigenvalue weighted by Gasteiger charge is 2.30. The van der Waals surface area contributed by atoms with Gasteiger partial charge >= 0.3 is 0 Å². The molecule has 1 aliphatic heterocycles. The van der Waals surface area contributed by atoms with Crippen LogP contribution in [0.3, 0.4) is 0 Å². The maximum atomic E-state index is 5.94. The van der Waals surface area contributed by atoms with E-state index < -0.39 is 0 Å². The van der Waals surface area contributed by atoms with Crippen molar-refractivity contribution >= 4 is 0 Å². The molecule has 1 atom stereocenters. The number of pyridine rings is 1. The van der Waals surface area contributed by atoms with Gasteiger partial charge < -0.3 is 9.30 Å². The Labute approximate surface area is 146 Å². The normalized spacial score (nSPS) is 17.4. The smallest absolute Gasteiger partial charge is 0.213 e. The first kappa shape index (κ1) is 15.8. The second kappa shape index (κ2) is 6.68. The molecule has 3 aromatic rings. The molecule has 0 bridgehead atoms. The van der Waals surface area contributed by atoms with Gasteiger partial charge in [-0.25, -0.2) is 9.97 Å². The number of imidazole rings is 1. The Morgan fingerprint density at radius 1 is 1.32 bits per heavy atom. The van der Waals surface area contributed by atoms with Gasteiger partial charge in [-0.3, -0.25) is 10.00 Å². The lowest BCUT2D eigenvalue weighted by molar-refractivity contribution is 0.103. The molecule has 0 aromatic carbocycles. The van der Waals surface area contributed by atoms with Crippen LogP contribution in [0, 0.1) is 6.92 Å². The third-order valence-corrected chi connectivity index (χ3v) is 4.63. The Morgan fingerprint density at radius 3 is 3.00 bits per heavy atom. The lowest BCUT2D eigenvalue weighted by Crippen LogP contribution is -2.44. The van der Waals surface area contributed by atoms with Gasteiger partial charge in [-0.05, 0) is 19.1 Å². The third kappa shape index (κ3) is 3.41. The first-order chi connectivity index (χ1) is 12.2. The minimum Gasteiger partial charge on any atom is -0.476 e. The number of hydrogen-bond acceptors (Lipinski definition) is 5. The molecule has 0 spiro atoms. The SMILES string of the molecule is Cc1cc(CN2Cc3ncn(C)c3CC2COc2ccccn2)n[nH]1. The van der Waals surface area contributed by atoms with Crippen molar-refractivity contribution in [3.05, 3.63) is 59.6 Å². The predicted molar refractivity (Wildman–Crippen MR) is 93.0 cm³/mol. The minimum atomic E-state index is 0.252. The summed E-state index contributed by atoms with van der Waals surface area (Å²) in [5.41, 5.74) is 4.54. The Morgan fingerprint density at radius 2 is 2.24 bits per heavy atom. The fraction of sp³-hybridized carbons (Fsp3) is 0.389. The summed E-state index contributed by atoms with van der Waals surface area (Å²) in [6, 6.07) is 8.06. The lowest BCUT2D eigenvalue weighted by Gasteiger charge is -2.34. The number of H-pyrrole nitrogens is 1. The highest BCUT2D eigenvalue weighted by atomic mass is 16.5. The number of hydrogen-bond donors (Lipinski definition) is 1. The number of nitrogens with one attached hydrogen (secondary N) is 1. The summed E-state index contributed by atoms with van der Waals surface area (Å²) in [6.07, 6.45) is 4.55. The highest BCUT2D eigenvalue weighted by molar-refractivity contribution is 5.19. The molecule has 0 saturated carbocycles. The first-order valence-corrected chi connectivity index (χ1v) is 8.47. The first-order valence-electron chi connectivity index (χ1n) is 8.47. The summed E-state index contributed by atoms with van der Waals surface area (Å²) in [6.45, 7) is 4.19. The molecule has 7 nitrogen and oxygen atoms in total. The van der Waals surface area contributed by atoms with Crippen LogP contribution in [0.5, 0.6) is 5.88 Å². The van der Waals surface area contributed by atoms with Crippen molar-refractivity contribution in [1.82, 2.24) is 29.6 Å². The fourth-order valence-electron chi connectivity index (χ4n) is 3.30. The zero-order valence-electron chi connectivity index (χ0n) is 14.5. The van der Waals surface area contributed by atoms with Gasteiger partial charge in [0.25, 0.3) is 0 Å². The molecule has 25 heavy (non-hydrogen) atoms. The molecule has 0 radical (unpaired) electrons. The van der Waals surface area contributed by atoms with E-state index in [1.54, 1.807) is 6.20 Å². The van der Waals surface area contributed by atoms with Crippen LogP contribution in [0.25, 0.3) is 0 Å². The van der Waals surface area contributed by atoms with E-state index in [1.165, 1.54) is 5.69 Å². The average Bonchev–Trinajstić information content (AvgIpc) is 3.19. The largest absolute Gasteiger partial charge is 0.476 e. The lowest BCUT2D eigenvalue weighted by atomic mass is 10.0. The molecule has 4 heterocycles. The number of ether oxygens (including phenoxy) is 1. The van der Waals surface area contributed by atoms with Crippen LogP contribution in [-0.2, 0) is 26.6 Å². The zero-order chi connectivity index (χ0) is 17.2. The van der Waals surface area contributed by atoms with Crippen molar-refractivity contribution in [3.63, 3.8) is 0 Å². The Hall–Kier alpha value is -2.67. The maximum Gasteiger partial charge on any atom is 0.213 e. The van der Waals surface area contributed by atoms with Crippen molar-refractivity contribution in [1.29, 1.82) is 0 Å². The number of fused-ring (bicyclic) bond motifs is 1. The van der Waals surface area contributed by atoms with E-state index in [0.717, 1.165) is 36.6 Å². The van der Waals surface area contributed by atoms with Crippen molar-refractivity contribution < 1.29 is 4.74 Å². The molecular formula is C18H22N6O. The standard InChI is InChI=1S/C18H22N6O/c1-13-7-14(22-21-13)9-24-10-16-17(23(2)12-20-16)8-15(24)11-25-18-5-3-4-6-19-18/h3-7,12,15H,8-11H2,1-2H3,(H,21,22). The average molecular weight is 338 g/mol. The molecule has 1 unspecified atom stereocenters. The van der Waals surface area contributed by atoms with Gasteiger partial charge in [0.2, 0.25) is 5.88 Å². The predicted octanol–water partition coefficient (Wildman–Crippen LogP) is 1.85. The van der Waals surface area contributed by atoms with Crippen LogP contribution in [-0.4, -0.2) is 42.3 Å². The van der Waals surface area contributed by atoms with Crippen LogP contribution in [0.1, 0.15) is 22.8 Å². The number of aryl methyl sites for hydroxylation is 2. The second-order valence-electron chi connectivity index (χ2n) is 6.53. The van der Waals surface area contributed by atoms with E-state index in [4.69, 9.17) is 4.74 Å². The van der Waals surface area contributed by atoms with Crippen LogP contribution >= 0.6 is 0 Å². The molecule has 0 fully saturated rings. The molecule has 0 aliphatic carbocycles. The third-order valence-electron chi connectivity index (χ3n) is 4.63. The summed E-state index contributed by atoms with van der Waals surface area (Å²) in [7, 11) is 2.05. The van der Waals surface area contributed by atoms with Gasteiger partial charge in [-0.15, -0.1) is 0 Å². The van der Waals surface area contributed by atoms with Gasteiger partial charge in [0.1, 0.15) is 6.61 Å². The van der Waals surface area contributed by atoms with E-state index in [-0.39, 0.29) is 6.04 Å². The monoisotopic (exact) mass is 338 g/mol. The van der Waals surface area contributed by atoms with Crippen LogP contribution in [0.4, 0.5) is 0 Å². The van der Waals surface area contributed by atoms with Crippen LogP contribution < -0.4 is 4.74 Å². The molecule has 1 aliphatic rings. The van der Waals surface area contributed by atoms with E-state index >= 15 is 0 Å². The van der Waals surface area contributed by atoms with Crippen LogP contribution in [0.2, 0.25) is 0 Å². The van der Waals surface area contributed by atoms with Gasteiger partial charge in [-0.1, -0.05) is 6.07 Å². The summed E-state index contributed by atoms with van der Waals surface area (Å²) < 4.78 is 8.05. The number of nitrogens with zero attached hydrogens (tertiary/aromatic N) is 5. The van der Waals surface area contributed by atoms with Crippen molar-refractivity contribution in [3.8, 4) is 5.88 Å². The minimum absolute atomic E-state index is 0.252. The molecule has 3 aromatic heterocycles. The molecule has 4 rings (SSSR count). The zero-order valence-corrected chi connectivity index (χ0v) is 14.5. The van der Waals surface area contributed by atoms with E-state index in [1.807, 2.05) is 31.5 Å². The van der Waals surface area contributed by atoms with Crippen molar-refractivity contribution in [2.75, 3.05) is 6.61 Å². The molecule has 130 valence electrons. The summed E-state index contributed by atoms with van der Waals surface area (Å²) in [5, 5.41) is 7.39. The van der Waals surface area contributed by atoms with Crippen LogP contribution in [0.15, 0.2) is 36.8 Å². The number of rotatable bonds is 5. The van der Waals surface area contributed by atoms with Gasteiger partial charge in [0.15, 0.2) is 0 Å². The maximum absolute atomic E-state index is 5.94. The Kier molecular flexibility index (Phi) is 4.23. The Bertz CT molecular complexity index is 840. The van der Waals surface area contributed by atoms with E-state index in [9.17, 15) is 0 Å². The topological polar surface area (TPSA) is 71.9 Å². The molecule has 0 amide bonds. The van der Waals surface area contributed by atoms with Gasteiger partial charge in [0.05, 0.1) is 23.8 Å². The summed E-state index contributed by atoms with van der Waals surface area (Å²) >= 11 is 0. The second-order valence-corrected chi connectivity index (χ2v) is 6.53. The van der Waals surface area contributed by atoms with Gasteiger partial charge in [0, 0.05) is 50.2 Å². The summed E-state index contributed by atoms with van der Waals surface area (Å²) in [4.78, 5) is 11.2. The molecular weight excluding hydrogens is 316 g/mol. The fourth-order valence-corrected chi connectivity index (χ4v) is 3.30. The highest BCUT2D eigenvalue weighted by Crippen LogP contribution is 2.24. The number of aromatic amines is 1. The van der Waals surface area contributed by atoms with E-state index in [0.29, 0.717) is 12.5 Å². The molecule has 0 saturated heterocycles. The van der Waals surface area contributed by atoms with Crippen molar-refractivity contribution in [2.24, 2.45) is 7.05 Å². The quantitative estimate of drug-likeness (QED) is 0.769. The molecule has 7 heteroatoms. The Balaban J connectivity index is 1.52. The summed E-state index contributed by atoms with van der Waals surface area (Å²) in [5.74, 6) is 0.661. The van der Waals surface area contributed by atoms with Crippen molar-refractivity contribution in [2.45, 2.75) is 32.5 Å². The van der Waals surface area contributed by atoms with Gasteiger partial charge in [-0.2, -0.15) is 5.10 Å². The van der Waals surface area contributed by atoms with E-state index in [2.05, 4.69) is 42.7 Å². The number of aromatic nitrogens is 5.